The van der Waals surface area contributed by atoms with Crippen LogP contribution in [0, 0.1) is 5.92 Å². The molecule has 0 radical (unpaired) electrons. The number of aliphatic hydroxyl groups is 1. The SMILES string of the molecule is CCC(CC)C(O)c1nn(C)c2ccccc12. The van der Waals surface area contributed by atoms with Crippen molar-refractivity contribution in [2.45, 2.75) is 32.8 Å². The number of benzene rings is 1. The van der Waals surface area contributed by atoms with E-state index in [-0.39, 0.29) is 5.92 Å². The van der Waals surface area contributed by atoms with Gasteiger partial charge in [0.1, 0.15) is 6.10 Å². The Morgan fingerprint density at radius 2 is 1.88 bits per heavy atom. The van der Waals surface area contributed by atoms with Gasteiger partial charge in [0.05, 0.1) is 11.2 Å². The minimum atomic E-state index is -0.462. The lowest BCUT2D eigenvalue weighted by Crippen LogP contribution is -2.12. The Kier molecular flexibility index (Phi) is 3.48. The van der Waals surface area contributed by atoms with Crippen LogP contribution in [0.1, 0.15) is 38.5 Å². The molecule has 2 rings (SSSR count). The summed E-state index contributed by atoms with van der Waals surface area (Å²) in [7, 11) is 1.92. The number of hydrogen-bond acceptors (Lipinski definition) is 2. The molecule has 0 aliphatic carbocycles. The van der Waals surface area contributed by atoms with Gasteiger partial charge in [0.25, 0.3) is 0 Å². The normalized spacial score (nSPS) is 13.5. The number of rotatable bonds is 4. The summed E-state index contributed by atoms with van der Waals surface area (Å²) in [6, 6.07) is 8.05. The second-order valence-corrected chi connectivity index (χ2v) is 4.55. The highest BCUT2D eigenvalue weighted by molar-refractivity contribution is 5.82. The van der Waals surface area contributed by atoms with Crippen molar-refractivity contribution in [3.05, 3.63) is 30.0 Å². The van der Waals surface area contributed by atoms with Gasteiger partial charge in [0, 0.05) is 12.4 Å². The molecule has 0 bridgehead atoms. The molecule has 1 unspecified atom stereocenters. The van der Waals surface area contributed by atoms with Gasteiger partial charge in [0.15, 0.2) is 0 Å². The fourth-order valence-electron chi connectivity index (χ4n) is 2.42. The molecule has 2 aromatic rings. The first kappa shape index (κ1) is 12.1. The van der Waals surface area contributed by atoms with Gasteiger partial charge < -0.3 is 5.11 Å². The summed E-state index contributed by atoms with van der Waals surface area (Å²) in [6.07, 6.45) is 1.49. The number of nitrogens with zero attached hydrogens (tertiary/aromatic N) is 2. The standard InChI is InChI=1S/C14H20N2O/c1-4-10(5-2)14(17)13-11-8-6-7-9-12(11)16(3)15-13/h6-10,14,17H,4-5H2,1-3H3. The first-order valence-electron chi connectivity index (χ1n) is 6.28. The zero-order valence-corrected chi connectivity index (χ0v) is 10.7. The average molecular weight is 232 g/mol. The summed E-state index contributed by atoms with van der Waals surface area (Å²) in [6.45, 7) is 4.23. The lowest BCUT2D eigenvalue weighted by atomic mass is 9.93. The number of aryl methyl sites for hydroxylation is 1. The molecule has 0 aliphatic heterocycles. The molecular weight excluding hydrogens is 212 g/mol. The maximum Gasteiger partial charge on any atom is 0.101 e. The molecule has 0 spiro atoms. The molecule has 1 atom stereocenters. The van der Waals surface area contributed by atoms with Crippen LogP contribution >= 0.6 is 0 Å². The van der Waals surface area contributed by atoms with Gasteiger partial charge in [-0.05, 0) is 12.0 Å². The van der Waals surface area contributed by atoms with Crippen LogP contribution in [0.15, 0.2) is 24.3 Å². The summed E-state index contributed by atoms with van der Waals surface area (Å²) in [5.41, 5.74) is 1.89. The molecule has 17 heavy (non-hydrogen) atoms. The molecule has 1 heterocycles. The quantitative estimate of drug-likeness (QED) is 0.879. The highest BCUT2D eigenvalue weighted by Crippen LogP contribution is 2.31. The minimum Gasteiger partial charge on any atom is -0.386 e. The average Bonchev–Trinajstić information content (AvgIpc) is 2.69. The number of fused-ring (bicyclic) bond motifs is 1. The van der Waals surface area contributed by atoms with Crippen LogP contribution in [0.25, 0.3) is 10.9 Å². The third-order valence-corrected chi connectivity index (χ3v) is 3.56. The van der Waals surface area contributed by atoms with E-state index in [0.29, 0.717) is 0 Å². The van der Waals surface area contributed by atoms with E-state index < -0.39 is 6.10 Å². The van der Waals surface area contributed by atoms with Crippen molar-refractivity contribution in [1.82, 2.24) is 9.78 Å². The number of aliphatic hydroxyl groups excluding tert-OH is 1. The van der Waals surface area contributed by atoms with Crippen LogP contribution < -0.4 is 0 Å². The second-order valence-electron chi connectivity index (χ2n) is 4.55. The zero-order chi connectivity index (χ0) is 12.4. The molecule has 0 fully saturated rings. The van der Waals surface area contributed by atoms with Crippen LogP contribution in [0.3, 0.4) is 0 Å². The van der Waals surface area contributed by atoms with Crippen molar-refractivity contribution in [2.75, 3.05) is 0 Å². The Morgan fingerprint density at radius 3 is 2.53 bits per heavy atom. The van der Waals surface area contributed by atoms with E-state index in [9.17, 15) is 5.11 Å². The van der Waals surface area contributed by atoms with E-state index in [0.717, 1.165) is 29.4 Å². The summed E-state index contributed by atoms with van der Waals surface area (Å²) >= 11 is 0. The predicted molar refractivity (Wildman–Crippen MR) is 69.7 cm³/mol. The van der Waals surface area contributed by atoms with Gasteiger partial charge >= 0.3 is 0 Å². The minimum absolute atomic E-state index is 0.285. The molecule has 0 aliphatic rings. The smallest absolute Gasteiger partial charge is 0.101 e. The molecule has 0 saturated heterocycles. The van der Waals surface area contributed by atoms with E-state index in [2.05, 4.69) is 18.9 Å². The largest absolute Gasteiger partial charge is 0.386 e. The van der Waals surface area contributed by atoms with Crippen LogP contribution in [0.5, 0.6) is 0 Å². The van der Waals surface area contributed by atoms with Crippen LogP contribution in [0.2, 0.25) is 0 Å². The van der Waals surface area contributed by atoms with Crippen molar-refractivity contribution in [1.29, 1.82) is 0 Å². The maximum absolute atomic E-state index is 10.4. The Balaban J connectivity index is 2.48. The number of hydrogen-bond donors (Lipinski definition) is 1. The van der Waals surface area contributed by atoms with E-state index in [1.54, 1.807) is 0 Å². The van der Waals surface area contributed by atoms with Gasteiger partial charge in [0.2, 0.25) is 0 Å². The van der Waals surface area contributed by atoms with Crippen LogP contribution in [0.4, 0.5) is 0 Å². The van der Waals surface area contributed by atoms with Crippen molar-refractivity contribution in [2.24, 2.45) is 13.0 Å². The molecule has 0 amide bonds. The zero-order valence-electron chi connectivity index (χ0n) is 10.7. The Bertz CT molecular complexity index is 500. The van der Waals surface area contributed by atoms with E-state index in [1.165, 1.54) is 0 Å². The van der Waals surface area contributed by atoms with Crippen molar-refractivity contribution < 1.29 is 5.11 Å². The van der Waals surface area contributed by atoms with E-state index in [1.807, 2.05) is 36.0 Å². The van der Waals surface area contributed by atoms with Crippen molar-refractivity contribution >= 4 is 10.9 Å². The van der Waals surface area contributed by atoms with E-state index >= 15 is 0 Å². The molecule has 3 nitrogen and oxygen atoms in total. The maximum atomic E-state index is 10.4. The fraction of sp³-hybridized carbons (Fsp3) is 0.500. The fourth-order valence-corrected chi connectivity index (χ4v) is 2.42. The van der Waals surface area contributed by atoms with Crippen molar-refractivity contribution in [3.63, 3.8) is 0 Å². The lowest BCUT2D eigenvalue weighted by molar-refractivity contribution is 0.0998. The highest BCUT2D eigenvalue weighted by Gasteiger charge is 2.22. The van der Waals surface area contributed by atoms with Gasteiger partial charge in [-0.15, -0.1) is 0 Å². The third kappa shape index (κ3) is 2.07. The summed E-state index contributed by atoms with van der Waals surface area (Å²) in [4.78, 5) is 0. The van der Waals surface area contributed by atoms with Gasteiger partial charge in [-0.2, -0.15) is 5.10 Å². The lowest BCUT2D eigenvalue weighted by Gasteiger charge is -2.18. The molecule has 1 aromatic carbocycles. The van der Waals surface area contributed by atoms with E-state index in [4.69, 9.17) is 0 Å². The Morgan fingerprint density at radius 1 is 1.24 bits per heavy atom. The first-order valence-corrected chi connectivity index (χ1v) is 6.28. The summed E-state index contributed by atoms with van der Waals surface area (Å²) < 4.78 is 1.84. The Hall–Kier alpha value is -1.35. The summed E-state index contributed by atoms with van der Waals surface area (Å²) in [5.74, 6) is 0.285. The Labute approximate surface area is 102 Å². The number of aromatic nitrogens is 2. The van der Waals surface area contributed by atoms with Crippen LogP contribution in [-0.4, -0.2) is 14.9 Å². The molecule has 1 N–H and O–H groups in total. The van der Waals surface area contributed by atoms with Crippen LogP contribution in [-0.2, 0) is 7.05 Å². The highest BCUT2D eigenvalue weighted by atomic mass is 16.3. The number of para-hydroxylation sites is 1. The third-order valence-electron chi connectivity index (χ3n) is 3.56. The second kappa shape index (κ2) is 4.88. The molecule has 0 saturated carbocycles. The first-order chi connectivity index (χ1) is 8.19. The predicted octanol–water partition coefficient (Wildman–Crippen LogP) is 3.04. The molecule has 92 valence electrons. The monoisotopic (exact) mass is 232 g/mol. The van der Waals surface area contributed by atoms with Gasteiger partial charge in [-0.3, -0.25) is 4.68 Å². The molecular formula is C14H20N2O. The van der Waals surface area contributed by atoms with Gasteiger partial charge in [-0.1, -0.05) is 44.9 Å². The summed E-state index contributed by atoms with van der Waals surface area (Å²) in [5, 5.41) is 16.0. The van der Waals surface area contributed by atoms with Crippen molar-refractivity contribution in [3.8, 4) is 0 Å². The van der Waals surface area contributed by atoms with Gasteiger partial charge in [-0.25, -0.2) is 0 Å². The topological polar surface area (TPSA) is 38.1 Å². The molecule has 1 aromatic heterocycles. The molecule has 3 heteroatoms.